The van der Waals surface area contributed by atoms with Crippen LogP contribution in [0.1, 0.15) is 29.3 Å². The maximum atomic E-state index is 12.4. The van der Waals surface area contributed by atoms with Gasteiger partial charge in [0, 0.05) is 23.1 Å². The highest BCUT2D eigenvalue weighted by Gasteiger charge is 2.27. The number of carbonyl (C=O) groups excluding carboxylic acids is 1. The smallest absolute Gasteiger partial charge is 0.253 e. The average Bonchev–Trinajstić information content (AvgIpc) is 2.30. The standard InChI is InChI=1S/C14H18BrNO2/c1-9-5-11(7-12(15)6-9)14(18)16-4-3-10(2)13(17)8-16/h5-7,10,13,17H,3-4,8H2,1-2H3/t10-,13+/m1/s1. The normalized spacial score (nSPS) is 24.1. The number of halogens is 1. The van der Waals surface area contributed by atoms with Crippen molar-refractivity contribution in [3.05, 3.63) is 33.8 Å². The van der Waals surface area contributed by atoms with Gasteiger partial charge in [-0.2, -0.15) is 0 Å². The molecule has 1 N–H and O–H groups in total. The number of carbonyl (C=O) groups is 1. The molecule has 98 valence electrons. The molecule has 1 aliphatic heterocycles. The molecule has 0 saturated carbocycles. The highest BCUT2D eigenvalue weighted by molar-refractivity contribution is 9.10. The first-order chi connectivity index (χ1) is 8.47. The van der Waals surface area contributed by atoms with Gasteiger partial charge in [-0.15, -0.1) is 0 Å². The van der Waals surface area contributed by atoms with Gasteiger partial charge in [-0.05, 0) is 43.0 Å². The van der Waals surface area contributed by atoms with Gasteiger partial charge in [0.15, 0.2) is 0 Å². The van der Waals surface area contributed by atoms with Gasteiger partial charge in [0.1, 0.15) is 0 Å². The summed E-state index contributed by atoms with van der Waals surface area (Å²) >= 11 is 3.41. The molecule has 0 radical (unpaired) electrons. The van der Waals surface area contributed by atoms with Crippen LogP contribution in [0.2, 0.25) is 0 Å². The van der Waals surface area contributed by atoms with Crippen molar-refractivity contribution in [1.29, 1.82) is 0 Å². The SMILES string of the molecule is Cc1cc(Br)cc(C(=O)N2CC[C@@H](C)[C@@H](O)C2)c1. The summed E-state index contributed by atoms with van der Waals surface area (Å²) in [7, 11) is 0. The number of hydrogen-bond acceptors (Lipinski definition) is 2. The van der Waals surface area contributed by atoms with E-state index in [-0.39, 0.29) is 11.8 Å². The Morgan fingerprint density at radius 2 is 2.17 bits per heavy atom. The Labute approximate surface area is 116 Å². The number of piperidine rings is 1. The highest BCUT2D eigenvalue weighted by atomic mass is 79.9. The largest absolute Gasteiger partial charge is 0.391 e. The molecule has 2 rings (SSSR count). The lowest BCUT2D eigenvalue weighted by Crippen LogP contribution is -2.45. The number of likely N-dealkylation sites (tertiary alicyclic amines) is 1. The van der Waals surface area contributed by atoms with Gasteiger partial charge in [0.2, 0.25) is 0 Å². The molecule has 0 bridgehead atoms. The van der Waals surface area contributed by atoms with Gasteiger partial charge in [-0.3, -0.25) is 4.79 Å². The minimum Gasteiger partial charge on any atom is -0.391 e. The minimum atomic E-state index is -0.407. The molecule has 1 aliphatic rings. The summed E-state index contributed by atoms with van der Waals surface area (Å²) in [5.41, 5.74) is 1.74. The predicted octanol–water partition coefficient (Wildman–Crippen LogP) is 2.60. The van der Waals surface area contributed by atoms with Crippen LogP contribution in [0.3, 0.4) is 0 Å². The van der Waals surface area contributed by atoms with E-state index in [1.165, 1.54) is 0 Å². The Kier molecular flexibility index (Phi) is 4.07. The van der Waals surface area contributed by atoms with E-state index in [4.69, 9.17) is 0 Å². The van der Waals surface area contributed by atoms with Crippen molar-refractivity contribution in [1.82, 2.24) is 4.90 Å². The molecule has 1 heterocycles. The zero-order chi connectivity index (χ0) is 13.3. The van der Waals surface area contributed by atoms with Gasteiger partial charge >= 0.3 is 0 Å². The van der Waals surface area contributed by atoms with E-state index in [0.29, 0.717) is 12.1 Å². The number of rotatable bonds is 1. The number of β-amino-alcohol motifs (C(OH)–C–C–N with tert-alkyl or cyclic N) is 1. The van der Waals surface area contributed by atoms with Gasteiger partial charge < -0.3 is 10.0 Å². The summed E-state index contributed by atoms with van der Waals surface area (Å²) in [5, 5.41) is 9.85. The molecule has 1 aromatic carbocycles. The van der Waals surface area contributed by atoms with Crippen LogP contribution in [0.25, 0.3) is 0 Å². The van der Waals surface area contributed by atoms with Crippen LogP contribution in [0.4, 0.5) is 0 Å². The number of aliphatic hydroxyl groups is 1. The lowest BCUT2D eigenvalue weighted by Gasteiger charge is -2.34. The van der Waals surface area contributed by atoms with Crippen molar-refractivity contribution in [3.63, 3.8) is 0 Å². The van der Waals surface area contributed by atoms with Gasteiger partial charge in [-0.1, -0.05) is 22.9 Å². The first-order valence-electron chi connectivity index (χ1n) is 6.22. The van der Waals surface area contributed by atoms with Gasteiger partial charge in [-0.25, -0.2) is 0 Å². The molecular weight excluding hydrogens is 294 g/mol. The first kappa shape index (κ1) is 13.6. The van der Waals surface area contributed by atoms with E-state index >= 15 is 0 Å². The molecule has 3 nitrogen and oxygen atoms in total. The minimum absolute atomic E-state index is 0.00495. The Hall–Kier alpha value is -0.870. The van der Waals surface area contributed by atoms with Crippen LogP contribution in [-0.2, 0) is 0 Å². The zero-order valence-corrected chi connectivity index (χ0v) is 12.3. The first-order valence-corrected chi connectivity index (χ1v) is 7.01. The quantitative estimate of drug-likeness (QED) is 0.866. The zero-order valence-electron chi connectivity index (χ0n) is 10.7. The summed E-state index contributed by atoms with van der Waals surface area (Å²) in [4.78, 5) is 14.1. The molecule has 18 heavy (non-hydrogen) atoms. The molecular formula is C14H18BrNO2. The van der Waals surface area contributed by atoms with Crippen LogP contribution < -0.4 is 0 Å². The summed E-state index contributed by atoms with van der Waals surface area (Å²) in [6.45, 7) is 5.15. The maximum Gasteiger partial charge on any atom is 0.253 e. The van der Waals surface area contributed by atoms with Crippen LogP contribution in [0.15, 0.2) is 22.7 Å². The molecule has 0 aliphatic carbocycles. The number of aryl methyl sites for hydroxylation is 1. The second kappa shape index (κ2) is 5.41. The molecule has 0 aromatic heterocycles. The molecule has 0 spiro atoms. The molecule has 1 fully saturated rings. The monoisotopic (exact) mass is 311 g/mol. The molecule has 1 saturated heterocycles. The maximum absolute atomic E-state index is 12.4. The fourth-order valence-electron chi connectivity index (χ4n) is 2.28. The highest BCUT2D eigenvalue weighted by Crippen LogP contribution is 2.21. The van der Waals surface area contributed by atoms with Crippen molar-refractivity contribution in [2.45, 2.75) is 26.4 Å². The van der Waals surface area contributed by atoms with E-state index in [1.807, 2.05) is 32.0 Å². The second-order valence-corrected chi connectivity index (χ2v) is 6.02. The molecule has 1 amide bonds. The lowest BCUT2D eigenvalue weighted by atomic mass is 9.95. The summed E-state index contributed by atoms with van der Waals surface area (Å²) < 4.78 is 0.914. The number of hydrogen-bond donors (Lipinski definition) is 1. The van der Waals surface area contributed by atoms with Crippen molar-refractivity contribution >= 4 is 21.8 Å². The van der Waals surface area contributed by atoms with Crippen LogP contribution >= 0.6 is 15.9 Å². The summed E-state index contributed by atoms with van der Waals surface area (Å²) in [5.74, 6) is 0.281. The predicted molar refractivity (Wildman–Crippen MR) is 74.6 cm³/mol. The van der Waals surface area contributed by atoms with E-state index < -0.39 is 6.10 Å². The number of amides is 1. The van der Waals surface area contributed by atoms with E-state index in [2.05, 4.69) is 15.9 Å². The average molecular weight is 312 g/mol. The topological polar surface area (TPSA) is 40.5 Å². The van der Waals surface area contributed by atoms with E-state index in [1.54, 1.807) is 4.90 Å². The second-order valence-electron chi connectivity index (χ2n) is 5.10. The molecule has 1 aromatic rings. The Morgan fingerprint density at radius 3 is 2.78 bits per heavy atom. The van der Waals surface area contributed by atoms with Crippen molar-refractivity contribution < 1.29 is 9.90 Å². The fraction of sp³-hybridized carbons (Fsp3) is 0.500. The van der Waals surface area contributed by atoms with Crippen LogP contribution in [-0.4, -0.2) is 35.1 Å². The van der Waals surface area contributed by atoms with Crippen LogP contribution in [0, 0.1) is 12.8 Å². The third kappa shape index (κ3) is 2.93. The summed E-state index contributed by atoms with van der Waals surface area (Å²) in [6.07, 6.45) is 0.454. The number of nitrogens with zero attached hydrogens (tertiary/aromatic N) is 1. The Morgan fingerprint density at radius 1 is 1.44 bits per heavy atom. The van der Waals surface area contributed by atoms with E-state index in [0.717, 1.165) is 23.0 Å². The van der Waals surface area contributed by atoms with Crippen molar-refractivity contribution in [3.8, 4) is 0 Å². The van der Waals surface area contributed by atoms with E-state index in [9.17, 15) is 9.90 Å². The summed E-state index contributed by atoms with van der Waals surface area (Å²) in [6, 6.07) is 5.70. The van der Waals surface area contributed by atoms with Crippen LogP contribution in [0.5, 0.6) is 0 Å². The molecule has 2 atom stereocenters. The molecule has 0 unspecified atom stereocenters. The number of benzene rings is 1. The number of aliphatic hydroxyl groups excluding tert-OH is 1. The molecule has 4 heteroatoms. The third-order valence-corrected chi connectivity index (χ3v) is 3.95. The van der Waals surface area contributed by atoms with Gasteiger partial charge in [0.25, 0.3) is 5.91 Å². The Balaban J connectivity index is 2.16. The fourth-order valence-corrected chi connectivity index (χ4v) is 2.88. The lowest BCUT2D eigenvalue weighted by molar-refractivity contribution is 0.0248. The van der Waals surface area contributed by atoms with Crippen molar-refractivity contribution in [2.24, 2.45) is 5.92 Å². The van der Waals surface area contributed by atoms with Crippen molar-refractivity contribution in [2.75, 3.05) is 13.1 Å². The third-order valence-electron chi connectivity index (χ3n) is 3.49. The Bertz CT molecular complexity index is 441. The van der Waals surface area contributed by atoms with Gasteiger partial charge in [0.05, 0.1) is 6.10 Å².